The lowest BCUT2D eigenvalue weighted by molar-refractivity contribution is 0.0995. The number of nitrogens with one attached hydrogen (secondary N) is 1. The Morgan fingerprint density at radius 1 is 1.32 bits per heavy atom. The molecular formula is C14H14N2O3. The maximum absolute atomic E-state index is 11.9. The van der Waals surface area contributed by atoms with Crippen LogP contribution in [0.1, 0.15) is 28.8 Å². The minimum Gasteiger partial charge on any atom is -0.456 e. The maximum atomic E-state index is 11.9. The number of furan rings is 1. The summed E-state index contributed by atoms with van der Waals surface area (Å²) in [7, 11) is 0. The molecule has 1 aromatic carbocycles. The lowest BCUT2D eigenvalue weighted by Crippen LogP contribution is -2.11. The Kier molecular flexibility index (Phi) is 3.66. The van der Waals surface area contributed by atoms with E-state index < -0.39 is 0 Å². The molecule has 98 valence electrons. The van der Waals surface area contributed by atoms with Crippen LogP contribution in [0.3, 0.4) is 0 Å². The van der Waals surface area contributed by atoms with Gasteiger partial charge in [0.25, 0.3) is 5.91 Å². The van der Waals surface area contributed by atoms with Gasteiger partial charge < -0.3 is 14.9 Å². The maximum Gasteiger partial charge on any atom is 0.291 e. The van der Waals surface area contributed by atoms with Crippen LogP contribution < -0.4 is 5.32 Å². The van der Waals surface area contributed by atoms with Gasteiger partial charge in [0.2, 0.25) is 0 Å². The summed E-state index contributed by atoms with van der Waals surface area (Å²) in [5.74, 6) is 0.626. The number of aryl methyl sites for hydroxylation is 1. The minimum atomic E-state index is -0.316. The second-order valence-electron chi connectivity index (χ2n) is 4.13. The molecule has 2 N–H and O–H groups in total. The third-order valence-electron chi connectivity index (χ3n) is 2.65. The highest BCUT2D eigenvalue weighted by Crippen LogP contribution is 2.14. The predicted molar refractivity (Wildman–Crippen MR) is 71.8 cm³/mol. The summed E-state index contributed by atoms with van der Waals surface area (Å²) in [5.41, 5.74) is 1.82. The molecule has 0 unspecified atom stereocenters. The Hall–Kier alpha value is -2.56. The molecular weight excluding hydrogens is 244 g/mol. The third-order valence-corrected chi connectivity index (χ3v) is 2.65. The number of amides is 1. The van der Waals surface area contributed by atoms with Crippen molar-refractivity contribution in [1.29, 1.82) is 0 Å². The van der Waals surface area contributed by atoms with Crippen LogP contribution in [-0.2, 0) is 0 Å². The second-order valence-corrected chi connectivity index (χ2v) is 4.13. The Morgan fingerprint density at radius 3 is 2.74 bits per heavy atom. The van der Waals surface area contributed by atoms with E-state index in [1.54, 1.807) is 50.2 Å². The van der Waals surface area contributed by atoms with Crippen molar-refractivity contribution in [3.05, 3.63) is 53.5 Å². The zero-order chi connectivity index (χ0) is 13.8. The lowest BCUT2D eigenvalue weighted by atomic mass is 10.1. The summed E-state index contributed by atoms with van der Waals surface area (Å²) in [6, 6.07) is 10.4. The molecule has 1 heterocycles. The van der Waals surface area contributed by atoms with E-state index in [0.29, 0.717) is 17.2 Å². The molecule has 0 spiro atoms. The summed E-state index contributed by atoms with van der Waals surface area (Å²) in [6.07, 6.45) is 0. The van der Waals surface area contributed by atoms with E-state index in [2.05, 4.69) is 10.5 Å². The third kappa shape index (κ3) is 3.01. The Morgan fingerprint density at radius 2 is 2.11 bits per heavy atom. The van der Waals surface area contributed by atoms with E-state index in [-0.39, 0.29) is 11.7 Å². The molecule has 5 nitrogen and oxygen atoms in total. The van der Waals surface area contributed by atoms with E-state index in [4.69, 9.17) is 9.62 Å². The van der Waals surface area contributed by atoms with Crippen LogP contribution in [0.15, 0.2) is 46.0 Å². The normalized spacial score (nSPS) is 11.4. The first kappa shape index (κ1) is 12.9. The standard InChI is InChI=1S/C14H14N2O3/c1-9-6-7-13(19-9)14(17)15-12-5-3-4-11(8-12)10(2)16-18/h3-8,18H,1-2H3,(H,15,17)/b16-10+. The van der Waals surface area contributed by atoms with Gasteiger partial charge in [-0.2, -0.15) is 0 Å². The quantitative estimate of drug-likeness (QED) is 0.504. The molecule has 2 aromatic rings. The molecule has 0 aliphatic heterocycles. The molecule has 2 rings (SSSR count). The SMILES string of the molecule is C/C(=N\O)c1cccc(NC(=O)c2ccc(C)o2)c1. The van der Waals surface area contributed by atoms with E-state index in [1.807, 2.05) is 0 Å². The summed E-state index contributed by atoms with van der Waals surface area (Å²) in [5, 5.41) is 14.6. The number of carbonyl (C=O) groups is 1. The lowest BCUT2D eigenvalue weighted by Gasteiger charge is -2.05. The number of oxime groups is 1. The Balaban J connectivity index is 2.17. The van der Waals surface area contributed by atoms with Gasteiger partial charge >= 0.3 is 0 Å². The highest BCUT2D eigenvalue weighted by Gasteiger charge is 2.10. The smallest absolute Gasteiger partial charge is 0.291 e. The van der Waals surface area contributed by atoms with Gasteiger partial charge in [0.1, 0.15) is 5.76 Å². The van der Waals surface area contributed by atoms with Gasteiger partial charge in [0.05, 0.1) is 5.71 Å². The van der Waals surface area contributed by atoms with Crippen molar-refractivity contribution in [2.45, 2.75) is 13.8 Å². The first-order valence-electron chi connectivity index (χ1n) is 5.77. The number of anilines is 1. The number of nitrogens with zero attached hydrogens (tertiary/aromatic N) is 1. The van der Waals surface area contributed by atoms with Gasteiger partial charge in [-0.05, 0) is 38.1 Å². The molecule has 0 atom stereocenters. The largest absolute Gasteiger partial charge is 0.456 e. The average Bonchev–Trinajstić information content (AvgIpc) is 2.85. The van der Waals surface area contributed by atoms with Crippen LogP contribution in [0.4, 0.5) is 5.69 Å². The van der Waals surface area contributed by atoms with Crippen LogP contribution in [-0.4, -0.2) is 16.8 Å². The van der Waals surface area contributed by atoms with E-state index in [0.717, 1.165) is 5.56 Å². The van der Waals surface area contributed by atoms with Crippen molar-refractivity contribution in [1.82, 2.24) is 0 Å². The number of hydrogen-bond acceptors (Lipinski definition) is 4. The van der Waals surface area contributed by atoms with Crippen molar-refractivity contribution in [2.24, 2.45) is 5.16 Å². The summed E-state index contributed by atoms with van der Waals surface area (Å²) in [4.78, 5) is 11.9. The number of benzene rings is 1. The van der Waals surface area contributed by atoms with Crippen LogP contribution in [0, 0.1) is 6.92 Å². The van der Waals surface area contributed by atoms with E-state index >= 15 is 0 Å². The zero-order valence-electron chi connectivity index (χ0n) is 10.7. The highest BCUT2D eigenvalue weighted by atomic mass is 16.4. The monoisotopic (exact) mass is 258 g/mol. The minimum absolute atomic E-state index is 0.260. The number of rotatable bonds is 3. The molecule has 19 heavy (non-hydrogen) atoms. The summed E-state index contributed by atoms with van der Waals surface area (Å²) in [6.45, 7) is 3.45. The van der Waals surface area contributed by atoms with Gasteiger partial charge in [-0.1, -0.05) is 17.3 Å². The first-order valence-corrected chi connectivity index (χ1v) is 5.77. The molecule has 0 aliphatic carbocycles. The average molecular weight is 258 g/mol. The zero-order valence-corrected chi connectivity index (χ0v) is 10.7. The second kappa shape index (κ2) is 5.39. The molecule has 0 radical (unpaired) electrons. The molecule has 0 bridgehead atoms. The van der Waals surface area contributed by atoms with E-state index in [1.165, 1.54) is 0 Å². The van der Waals surface area contributed by atoms with Gasteiger partial charge in [-0.25, -0.2) is 0 Å². The van der Waals surface area contributed by atoms with E-state index in [9.17, 15) is 4.79 Å². The van der Waals surface area contributed by atoms with Crippen molar-refractivity contribution in [3.8, 4) is 0 Å². The van der Waals surface area contributed by atoms with Crippen molar-refractivity contribution < 1.29 is 14.4 Å². The summed E-state index contributed by atoms with van der Waals surface area (Å²) < 4.78 is 5.24. The molecule has 1 aromatic heterocycles. The Bertz CT molecular complexity index is 629. The molecule has 1 amide bonds. The van der Waals surface area contributed by atoms with Crippen molar-refractivity contribution in [3.63, 3.8) is 0 Å². The molecule has 0 saturated heterocycles. The number of carbonyl (C=O) groups excluding carboxylic acids is 1. The molecule has 0 saturated carbocycles. The fourth-order valence-corrected chi connectivity index (χ4v) is 1.63. The fraction of sp³-hybridized carbons (Fsp3) is 0.143. The molecule has 0 aliphatic rings. The predicted octanol–water partition coefficient (Wildman–Crippen LogP) is 3.04. The molecule has 0 fully saturated rings. The Labute approximate surface area is 110 Å². The first-order chi connectivity index (χ1) is 9.10. The van der Waals surface area contributed by atoms with Gasteiger partial charge in [-0.3, -0.25) is 4.79 Å². The molecule has 5 heteroatoms. The highest BCUT2D eigenvalue weighted by molar-refractivity contribution is 6.04. The number of hydrogen-bond donors (Lipinski definition) is 2. The van der Waals surface area contributed by atoms with Crippen LogP contribution in [0.5, 0.6) is 0 Å². The van der Waals surface area contributed by atoms with Crippen LogP contribution in [0.2, 0.25) is 0 Å². The fourth-order valence-electron chi connectivity index (χ4n) is 1.63. The van der Waals surface area contributed by atoms with Crippen LogP contribution >= 0.6 is 0 Å². The topological polar surface area (TPSA) is 74.8 Å². The van der Waals surface area contributed by atoms with Gasteiger partial charge in [-0.15, -0.1) is 0 Å². The van der Waals surface area contributed by atoms with Gasteiger partial charge in [0.15, 0.2) is 5.76 Å². The van der Waals surface area contributed by atoms with Crippen molar-refractivity contribution >= 4 is 17.3 Å². The van der Waals surface area contributed by atoms with Gasteiger partial charge in [0, 0.05) is 11.3 Å². The summed E-state index contributed by atoms with van der Waals surface area (Å²) >= 11 is 0. The van der Waals surface area contributed by atoms with Crippen LogP contribution in [0.25, 0.3) is 0 Å². The van der Waals surface area contributed by atoms with Crippen molar-refractivity contribution in [2.75, 3.05) is 5.32 Å².